The number of nitrogen functional groups attached to an aromatic ring is 1. The highest BCUT2D eigenvalue weighted by atomic mass is 32.2. The number of aromatic amines is 1. The van der Waals surface area contributed by atoms with E-state index in [1.165, 1.54) is 5.56 Å². The lowest BCUT2D eigenvalue weighted by molar-refractivity contribution is 0.181. The number of anilines is 1. The number of nitrogens with one attached hydrogen (secondary N) is 1. The summed E-state index contributed by atoms with van der Waals surface area (Å²) >= 11 is 0. The van der Waals surface area contributed by atoms with Gasteiger partial charge in [0.25, 0.3) is 0 Å². The molecule has 0 amide bonds. The van der Waals surface area contributed by atoms with Crippen LogP contribution in [0.5, 0.6) is 0 Å². The van der Waals surface area contributed by atoms with Crippen LogP contribution in [-0.2, 0) is 16.6 Å². The zero-order valence-electron chi connectivity index (χ0n) is 14.3. The van der Waals surface area contributed by atoms with Crippen molar-refractivity contribution in [3.63, 3.8) is 0 Å². The molecule has 0 radical (unpaired) electrons. The van der Waals surface area contributed by atoms with Crippen molar-refractivity contribution in [1.82, 2.24) is 19.2 Å². The molecule has 0 spiro atoms. The highest BCUT2D eigenvalue weighted by Gasteiger charge is 2.28. The number of imidazole rings is 1. The molecule has 0 bridgehead atoms. The van der Waals surface area contributed by atoms with E-state index in [1.807, 2.05) is 18.2 Å². The molecule has 2 heterocycles. The number of fused-ring (bicyclic) bond motifs is 1. The molecule has 1 aromatic heterocycles. The number of nitrogens with zero attached hydrogens (tertiary/aromatic N) is 3. The molecule has 0 unspecified atom stereocenters. The Hall–Kier alpha value is -2.42. The third kappa shape index (κ3) is 3.31. The number of hydrogen-bond acceptors (Lipinski definition) is 5. The maximum atomic E-state index is 12.9. The van der Waals surface area contributed by atoms with Crippen LogP contribution in [0, 0.1) is 0 Å². The summed E-state index contributed by atoms with van der Waals surface area (Å²) in [5.74, 6) is 0.282. The summed E-state index contributed by atoms with van der Waals surface area (Å²) in [6.45, 7) is 3.24. The molecule has 8 heteroatoms. The van der Waals surface area contributed by atoms with E-state index >= 15 is 0 Å². The smallest absolute Gasteiger partial charge is 0.243 e. The maximum absolute atomic E-state index is 12.9. The molecular formula is C18H21N5O2S. The number of benzene rings is 2. The normalized spacial score (nSPS) is 16.9. The van der Waals surface area contributed by atoms with Gasteiger partial charge in [0.05, 0.1) is 15.9 Å². The van der Waals surface area contributed by atoms with E-state index in [0.29, 0.717) is 37.2 Å². The molecule has 1 aliphatic rings. The fourth-order valence-corrected chi connectivity index (χ4v) is 4.74. The van der Waals surface area contributed by atoms with E-state index in [4.69, 9.17) is 5.73 Å². The summed E-state index contributed by atoms with van der Waals surface area (Å²) in [5.41, 5.74) is 8.17. The number of piperazine rings is 1. The van der Waals surface area contributed by atoms with Crippen molar-refractivity contribution in [1.29, 1.82) is 0 Å². The van der Waals surface area contributed by atoms with Crippen LogP contribution < -0.4 is 5.73 Å². The Kier molecular flexibility index (Phi) is 4.39. The standard InChI is InChI=1S/C18H21N5O2S/c19-18-20-16-7-6-15(12-17(16)21-18)26(24,25)23-10-8-22(9-11-23)13-14-4-2-1-3-5-14/h1-7,12H,8-11,13H2,(H3,19,20,21). The number of nitrogens with two attached hydrogens (primary N) is 1. The lowest BCUT2D eigenvalue weighted by Gasteiger charge is -2.34. The van der Waals surface area contributed by atoms with Crippen molar-refractivity contribution in [3.8, 4) is 0 Å². The molecule has 1 saturated heterocycles. The lowest BCUT2D eigenvalue weighted by atomic mass is 10.2. The minimum Gasteiger partial charge on any atom is -0.369 e. The van der Waals surface area contributed by atoms with E-state index in [-0.39, 0.29) is 10.8 Å². The van der Waals surface area contributed by atoms with Gasteiger partial charge in [0.2, 0.25) is 10.0 Å². The molecule has 1 aliphatic heterocycles. The quantitative estimate of drug-likeness (QED) is 0.727. The van der Waals surface area contributed by atoms with Gasteiger partial charge in [-0.05, 0) is 23.8 Å². The van der Waals surface area contributed by atoms with Crippen LogP contribution in [0.4, 0.5) is 5.95 Å². The van der Waals surface area contributed by atoms with Gasteiger partial charge in [-0.15, -0.1) is 0 Å². The van der Waals surface area contributed by atoms with Crippen molar-refractivity contribution < 1.29 is 8.42 Å². The fourth-order valence-electron chi connectivity index (χ4n) is 3.29. The van der Waals surface area contributed by atoms with Gasteiger partial charge in [0.15, 0.2) is 5.95 Å². The molecule has 1 fully saturated rings. The minimum absolute atomic E-state index is 0.269. The van der Waals surface area contributed by atoms with Crippen LogP contribution in [0.25, 0.3) is 11.0 Å². The first-order valence-corrected chi connectivity index (χ1v) is 9.98. The minimum atomic E-state index is -3.52. The molecular weight excluding hydrogens is 350 g/mol. The van der Waals surface area contributed by atoms with Crippen molar-refractivity contribution >= 4 is 27.0 Å². The van der Waals surface area contributed by atoms with Crippen LogP contribution in [0.2, 0.25) is 0 Å². The Morgan fingerprint density at radius 2 is 1.77 bits per heavy atom. The maximum Gasteiger partial charge on any atom is 0.243 e. The third-order valence-electron chi connectivity index (χ3n) is 4.69. The average molecular weight is 371 g/mol. The number of aromatic nitrogens is 2. The average Bonchev–Trinajstić information content (AvgIpc) is 3.02. The zero-order valence-corrected chi connectivity index (χ0v) is 15.1. The topological polar surface area (TPSA) is 95.3 Å². The Balaban J connectivity index is 1.47. The molecule has 7 nitrogen and oxygen atoms in total. The second kappa shape index (κ2) is 6.71. The Morgan fingerprint density at radius 1 is 1.04 bits per heavy atom. The van der Waals surface area contributed by atoms with Crippen LogP contribution in [0.1, 0.15) is 5.56 Å². The first kappa shape index (κ1) is 17.0. The van der Waals surface area contributed by atoms with E-state index < -0.39 is 10.0 Å². The Bertz CT molecular complexity index is 1010. The summed E-state index contributed by atoms with van der Waals surface area (Å²) in [5, 5.41) is 0. The number of H-pyrrole nitrogens is 1. The van der Waals surface area contributed by atoms with Crippen molar-refractivity contribution in [3.05, 3.63) is 54.1 Å². The van der Waals surface area contributed by atoms with Gasteiger partial charge in [-0.2, -0.15) is 4.31 Å². The summed E-state index contributed by atoms with van der Waals surface area (Å²) in [6, 6.07) is 15.1. The molecule has 26 heavy (non-hydrogen) atoms. The predicted molar refractivity (Wildman–Crippen MR) is 101 cm³/mol. The highest BCUT2D eigenvalue weighted by Crippen LogP contribution is 2.22. The molecule has 3 N–H and O–H groups in total. The van der Waals surface area contributed by atoms with Crippen molar-refractivity contribution in [2.24, 2.45) is 0 Å². The van der Waals surface area contributed by atoms with E-state index in [0.717, 1.165) is 6.54 Å². The van der Waals surface area contributed by atoms with E-state index in [9.17, 15) is 8.42 Å². The number of hydrogen-bond donors (Lipinski definition) is 2. The second-order valence-electron chi connectivity index (χ2n) is 6.47. The molecule has 0 atom stereocenters. The molecule has 4 rings (SSSR count). The van der Waals surface area contributed by atoms with Crippen molar-refractivity contribution in [2.45, 2.75) is 11.4 Å². The van der Waals surface area contributed by atoms with Crippen LogP contribution in [0.3, 0.4) is 0 Å². The largest absolute Gasteiger partial charge is 0.369 e. The predicted octanol–water partition coefficient (Wildman–Crippen LogP) is 1.65. The first-order valence-electron chi connectivity index (χ1n) is 8.54. The van der Waals surface area contributed by atoms with Gasteiger partial charge >= 0.3 is 0 Å². The van der Waals surface area contributed by atoms with Gasteiger partial charge in [0.1, 0.15) is 0 Å². The summed E-state index contributed by atoms with van der Waals surface area (Å²) < 4.78 is 27.4. The number of sulfonamides is 1. The van der Waals surface area contributed by atoms with Crippen LogP contribution in [0.15, 0.2) is 53.4 Å². The van der Waals surface area contributed by atoms with Gasteiger partial charge in [-0.1, -0.05) is 30.3 Å². The monoisotopic (exact) mass is 371 g/mol. The van der Waals surface area contributed by atoms with Gasteiger partial charge in [-0.25, -0.2) is 13.4 Å². The lowest BCUT2D eigenvalue weighted by Crippen LogP contribution is -2.48. The zero-order chi connectivity index (χ0) is 18.1. The molecule has 0 aliphatic carbocycles. The van der Waals surface area contributed by atoms with E-state index in [2.05, 4.69) is 27.0 Å². The van der Waals surface area contributed by atoms with Crippen LogP contribution in [-0.4, -0.2) is 53.8 Å². The Morgan fingerprint density at radius 3 is 2.50 bits per heavy atom. The first-order chi connectivity index (χ1) is 12.5. The van der Waals surface area contributed by atoms with Gasteiger partial charge in [0, 0.05) is 32.7 Å². The molecule has 136 valence electrons. The van der Waals surface area contributed by atoms with Gasteiger partial charge in [-0.3, -0.25) is 4.90 Å². The fraction of sp³-hybridized carbons (Fsp3) is 0.278. The SMILES string of the molecule is Nc1nc2ccc(S(=O)(=O)N3CCN(Cc4ccccc4)CC3)cc2[nH]1. The van der Waals surface area contributed by atoms with Crippen molar-refractivity contribution in [2.75, 3.05) is 31.9 Å². The summed E-state index contributed by atoms with van der Waals surface area (Å²) in [6.07, 6.45) is 0. The van der Waals surface area contributed by atoms with Gasteiger partial charge < -0.3 is 10.7 Å². The summed E-state index contributed by atoms with van der Waals surface area (Å²) in [7, 11) is -3.52. The third-order valence-corrected chi connectivity index (χ3v) is 6.58. The molecule has 2 aromatic carbocycles. The molecule has 3 aromatic rings. The Labute approximate surface area is 152 Å². The summed E-state index contributed by atoms with van der Waals surface area (Å²) in [4.78, 5) is 9.54. The molecule has 0 saturated carbocycles. The number of rotatable bonds is 4. The van der Waals surface area contributed by atoms with Crippen LogP contribution >= 0.6 is 0 Å². The highest BCUT2D eigenvalue weighted by molar-refractivity contribution is 7.89. The van der Waals surface area contributed by atoms with E-state index in [1.54, 1.807) is 22.5 Å². The second-order valence-corrected chi connectivity index (χ2v) is 8.40.